The monoisotopic (exact) mass is 262 g/mol. The lowest BCUT2D eigenvalue weighted by Gasteiger charge is -2.06. The van der Waals surface area contributed by atoms with E-state index in [1.807, 2.05) is 5.32 Å². The van der Waals surface area contributed by atoms with E-state index in [1.165, 1.54) is 24.8 Å². The van der Waals surface area contributed by atoms with Gasteiger partial charge < -0.3 is 0 Å². The second-order valence-corrected chi connectivity index (χ2v) is 3.59. The molecular weight excluding hydrogens is 252 g/mol. The van der Waals surface area contributed by atoms with Crippen LogP contribution >= 0.6 is 0 Å². The van der Waals surface area contributed by atoms with Crippen LogP contribution in [-0.2, 0) is 0 Å². The SMILES string of the molecule is Cc1cc(=O)[nH]c(NC(=O)NC(=O)n2ccnc2)n1. The zero-order valence-corrected chi connectivity index (χ0v) is 9.88. The van der Waals surface area contributed by atoms with Crippen LogP contribution in [-0.4, -0.2) is 31.6 Å². The molecule has 0 unspecified atom stereocenters. The lowest BCUT2D eigenvalue weighted by atomic mass is 10.4. The van der Waals surface area contributed by atoms with Crippen molar-refractivity contribution in [3.63, 3.8) is 0 Å². The number of hydrogen-bond donors (Lipinski definition) is 3. The summed E-state index contributed by atoms with van der Waals surface area (Å²) in [5.74, 6) is -0.0408. The van der Waals surface area contributed by atoms with Gasteiger partial charge in [-0.15, -0.1) is 0 Å². The van der Waals surface area contributed by atoms with Crippen molar-refractivity contribution in [3.05, 3.63) is 40.8 Å². The van der Waals surface area contributed by atoms with Gasteiger partial charge in [0, 0.05) is 24.2 Å². The average molecular weight is 262 g/mol. The first kappa shape index (κ1) is 12.5. The molecule has 0 radical (unpaired) electrons. The molecule has 0 aliphatic heterocycles. The number of urea groups is 1. The Bertz CT molecular complexity index is 660. The van der Waals surface area contributed by atoms with E-state index in [0.717, 1.165) is 4.57 Å². The maximum Gasteiger partial charge on any atom is 0.334 e. The average Bonchev–Trinajstić information content (AvgIpc) is 2.80. The van der Waals surface area contributed by atoms with E-state index >= 15 is 0 Å². The van der Waals surface area contributed by atoms with Gasteiger partial charge in [-0.25, -0.2) is 19.6 Å². The van der Waals surface area contributed by atoms with Crippen LogP contribution < -0.4 is 16.2 Å². The van der Waals surface area contributed by atoms with Crippen LogP contribution in [0.3, 0.4) is 0 Å². The molecule has 0 aliphatic rings. The van der Waals surface area contributed by atoms with Crippen LogP contribution in [0.4, 0.5) is 15.5 Å². The van der Waals surface area contributed by atoms with Gasteiger partial charge >= 0.3 is 12.1 Å². The molecule has 2 heterocycles. The minimum Gasteiger partial charge on any atom is -0.292 e. The number of aromatic nitrogens is 4. The fourth-order valence-electron chi connectivity index (χ4n) is 1.32. The zero-order valence-electron chi connectivity index (χ0n) is 9.88. The van der Waals surface area contributed by atoms with Crippen molar-refractivity contribution in [2.75, 3.05) is 5.32 Å². The van der Waals surface area contributed by atoms with Crippen LogP contribution in [0.15, 0.2) is 29.6 Å². The van der Waals surface area contributed by atoms with Gasteiger partial charge in [0.1, 0.15) is 6.33 Å². The van der Waals surface area contributed by atoms with Crippen LogP contribution in [0.1, 0.15) is 5.69 Å². The molecule has 0 atom stereocenters. The molecule has 0 fully saturated rings. The Morgan fingerprint density at radius 1 is 1.42 bits per heavy atom. The highest BCUT2D eigenvalue weighted by atomic mass is 16.2. The Labute approximate surface area is 106 Å². The van der Waals surface area contributed by atoms with Gasteiger partial charge in [-0.3, -0.25) is 25.0 Å². The number of imide groups is 1. The smallest absolute Gasteiger partial charge is 0.292 e. The lowest BCUT2D eigenvalue weighted by Crippen LogP contribution is -2.37. The fourth-order valence-corrected chi connectivity index (χ4v) is 1.32. The van der Waals surface area contributed by atoms with Crippen LogP contribution in [0.25, 0.3) is 0 Å². The minimum atomic E-state index is -0.813. The zero-order chi connectivity index (χ0) is 13.8. The molecule has 9 heteroatoms. The van der Waals surface area contributed by atoms with Crippen molar-refractivity contribution in [3.8, 4) is 0 Å². The number of aryl methyl sites for hydroxylation is 1. The molecule has 9 nitrogen and oxygen atoms in total. The second kappa shape index (κ2) is 5.12. The van der Waals surface area contributed by atoms with E-state index in [9.17, 15) is 14.4 Å². The molecule has 3 N–H and O–H groups in total. The first-order chi connectivity index (χ1) is 9.04. The topological polar surface area (TPSA) is 122 Å². The highest BCUT2D eigenvalue weighted by Gasteiger charge is 2.10. The van der Waals surface area contributed by atoms with Crippen LogP contribution in [0.5, 0.6) is 0 Å². The normalized spacial score (nSPS) is 9.95. The first-order valence-electron chi connectivity index (χ1n) is 5.23. The summed E-state index contributed by atoms with van der Waals surface area (Å²) in [5, 5.41) is 4.29. The Morgan fingerprint density at radius 3 is 2.84 bits per heavy atom. The molecule has 0 saturated heterocycles. The van der Waals surface area contributed by atoms with Gasteiger partial charge in [-0.2, -0.15) is 0 Å². The molecule has 0 aliphatic carbocycles. The molecule has 2 rings (SSSR count). The Balaban J connectivity index is 2.01. The van der Waals surface area contributed by atoms with Gasteiger partial charge in [0.25, 0.3) is 5.56 Å². The third kappa shape index (κ3) is 3.25. The third-order valence-electron chi connectivity index (χ3n) is 2.06. The Morgan fingerprint density at radius 2 is 2.21 bits per heavy atom. The maximum atomic E-state index is 11.5. The Kier molecular flexibility index (Phi) is 3.37. The molecule has 2 aromatic rings. The number of nitrogens with one attached hydrogen (secondary N) is 3. The summed E-state index contributed by atoms with van der Waals surface area (Å²) >= 11 is 0. The first-order valence-corrected chi connectivity index (χ1v) is 5.23. The number of carbonyl (C=O) groups is 2. The van der Waals surface area contributed by atoms with E-state index in [1.54, 1.807) is 6.92 Å². The summed E-state index contributed by atoms with van der Waals surface area (Å²) in [6, 6.07) is -0.211. The number of amides is 3. The molecule has 19 heavy (non-hydrogen) atoms. The molecule has 0 spiro atoms. The molecular formula is C10H10N6O3. The fraction of sp³-hybridized carbons (Fsp3) is 0.100. The number of anilines is 1. The molecule has 2 aromatic heterocycles. The van der Waals surface area contributed by atoms with Gasteiger partial charge in [0.15, 0.2) is 0 Å². The van der Waals surface area contributed by atoms with Crippen LogP contribution in [0.2, 0.25) is 0 Å². The van der Waals surface area contributed by atoms with Crippen molar-refractivity contribution in [2.24, 2.45) is 0 Å². The predicted octanol–water partition coefficient (Wildman–Crippen LogP) is 0.0646. The molecule has 0 saturated carbocycles. The summed E-state index contributed by atoms with van der Waals surface area (Å²) in [4.78, 5) is 44.0. The molecule has 0 bridgehead atoms. The number of aromatic amines is 1. The van der Waals surface area contributed by atoms with E-state index in [4.69, 9.17) is 0 Å². The maximum absolute atomic E-state index is 11.5. The summed E-state index contributed by atoms with van der Waals surface area (Å²) in [5.41, 5.74) is 0.0451. The molecule has 0 aromatic carbocycles. The number of carbonyl (C=O) groups excluding carboxylic acids is 2. The van der Waals surface area contributed by atoms with Crippen LogP contribution in [0, 0.1) is 6.92 Å². The number of hydrogen-bond acceptors (Lipinski definition) is 5. The van der Waals surface area contributed by atoms with E-state index in [-0.39, 0.29) is 5.95 Å². The summed E-state index contributed by atoms with van der Waals surface area (Å²) in [6.45, 7) is 1.61. The van der Waals surface area contributed by atoms with Crippen molar-refractivity contribution < 1.29 is 9.59 Å². The number of nitrogens with zero attached hydrogens (tertiary/aromatic N) is 3. The standard InChI is InChI=1S/C10H10N6O3/c1-6-4-7(17)13-8(12-6)14-9(18)15-10(19)16-3-2-11-5-16/h2-5H,1H3,(H3,12,13,14,15,17,18,19). The second-order valence-electron chi connectivity index (χ2n) is 3.59. The number of rotatable bonds is 1. The summed E-state index contributed by atoms with van der Waals surface area (Å²) < 4.78 is 1.09. The van der Waals surface area contributed by atoms with E-state index in [2.05, 4.69) is 20.3 Å². The largest absolute Gasteiger partial charge is 0.334 e. The van der Waals surface area contributed by atoms with E-state index < -0.39 is 17.6 Å². The van der Waals surface area contributed by atoms with E-state index in [0.29, 0.717) is 5.69 Å². The lowest BCUT2D eigenvalue weighted by molar-refractivity contribution is 0.234. The minimum absolute atomic E-state index is 0.0408. The van der Waals surface area contributed by atoms with Crippen molar-refractivity contribution >= 4 is 18.0 Å². The molecule has 98 valence electrons. The summed E-state index contributed by atoms with van der Waals surface area (Å²) in [6.07, 6.45) is 4.03. The quantitative estimate of drug-likeness (QED) is 0.671. The van der Waals surface area contributed by atoms with Gasteiger partial charge in [-0.1, -0.05) is 0 Å². The van der Waals surface area contributed by atoms with Crippen molar-refractivity contribution in [1.82, 2.24) is 24.8 Å². The highest BCUT2D eigenvalue weighted by molar-refractivity contribution is 6.00. The van der Waals surface area contributed by atoms with Gasteiger partial charge in [0.2, 0.25) is 5.95 Å². The summed E-state index contributed by atoms with van der Waals surface area (Å²) in [7, 11) is 0. The van der Waals surface area contributed by atoms with Crippen molar-refractivity contribution in [1.29, 1.82) is 0 Å². The number of H-pyrrole nitrogens is 1. The third-order valence-corrected chi connectivity index (χ3v) is 2.06. The van der Waals surface area contributed by atoms with Gasteiger partial charge in [-0.05, 0) is 6.92 Å². The van der Waals surface area contributed by atoms with Gasteiger partial charge in [0.05, 0.1) is 0 Å². The Hall–Kier alpha value is -2.97. The highest BCUT2D eigenvalue weighted by Crippen LogP contribution is 1.95. The van der Waals surface area contributed by atoms with Crippen molar-refractivity contribution in [2.45, 2.75) is 6.92 Å². The predicted molar refractivity (Wildman–Crippen MR) is 64.8 cm³/mol. The molecule has 3 amide bonds. The number of imidazole rings is 1.